The number of pyridine rings is 1. The summed E-state index contributed by atoms with van der Waals surface area (Å²) >= 11 is 0. The van der Waals surface area contributed by atoms with Crippen molar-refractivity contribution in [1.82, 2.24) is 4.98 Å². The summed E-state index contributed by atoms with van der Waals surface area (Å²) in [7, 11) is 0. The minimum absolute atomic E-state index is 0.321. The Morgan fingerprint density at radius 2 is 1.85 bits per heavy atom. The lowest BCUT2D eigenvalue weighted by atomic mass is 10.0. The Hall–Kier alpha value is -1.05. The van der Waals surface area contributed by atoms with Crippen molar-refractivity contribution >= 4 is 5.69 Å². The zero-order valence-electron chi connectivity index (χ0n) is 8.09. The van der Waals surface area contributed by atoms with Crippen molar-refractivity contribution in [1.29, 1.82) is 0 Å². The fourth-order valence-electron chi connectivity index (χ4n) is 2.06. The van der Waals surface area contributed by atoms with Gasteiger partial charge in [0.1, 0.15) is 0 Å². The molecule has 2 rings (SSSR count). The fraction of sp³-hybridized carbons (Fsp3) is 0.545. The lowest BCUT2D eigenvalue weighted by molar-refractivity contribution is 0.533. The maximum Gasteiger partial charge on any atom is 0.0375 e. The highest BCUT2D eigenvalue weighted by atomic mass is 15.0. The first-order valence-corrected chi connectivity index (χ1v) is 4.97. The Kier molecular flexibility index (Phi) is 2.21. The van der Waals surface area contributed by atoms with Gasteiger partial charge >= 0.3 is 0 Å². The molecule has 0 radical (unpaired) electrons. The van der Waals surface area contributed by atoms with Crippen LogP contribution in [0.5, 0.6) is 0 Å². The van der Waals surface area contributed by atoms with Crippen LogP contribution in [0.25, 0.3) is 0 Å². The van der Waals surface area contributed by atoms with Gasteiger partial charge < -0.3 is 5.32 Å². The second kappa shape index (κ2) is 3.36. The topological polar surface area (TPSA) is 24.9 Å². The van der Waals surface area contributed by atoms with Gasteiger partial charge in [0.15, 0.2) is 0 Å². The van der Waals surface area contributed by atoms with Crippen molar-refractivity contribution in [3.8, 4) is 0 Å². The van der Waals surface area contributed by atoms with Gasteiger partial charge in [-0.25, -0.2) is 0 Å². The van der Waals surface area contributed by atoms with E-state index in [1.807, 2.05) is 24.5 Å². The third kappa shape index (κ3) is 2.00. The molecular weight excluding hydrogens is 160 g/mol. The van der Waals surface area contributed by atoms with Crippen molar-refractivity contribution in [2.75, 3.05) is 5.32 Å². The molecule has 70 valence electrons. The molecule has 13 heavy (non-hydrogen) atoms. The predicted molar refractivity (Wildman–Crippen MR) is 54.7 cm³/mol. The second-order valence-electron chi connectivity index (χ2n) is 4.13. The van der Waals surface area contributed by atoms with Crippen molar-refractivity contribution in [2.45, 2.75) is 38.1 Å². The van der Waals surface area contributed by atoms with Crippen LogP contribution < -0.4 is 5.32 Å². The molecule has 0 bridgehead atoms. The van der Waals surface area contributed by atoms with Gasteiger partial charge in [0.25, 0.3) is 0 Å². The third-order valence-corrected chi connectivity index (χ3v) is 2.83. The monoisotopic (exact) mass is 176 g/mol. The third-order valence-electron chi connectivity index (χ3n) is 2.83. The molecule has 1 aliphatic rings. The summed E-state index contributed by atoms with van der Waals surface area (Å²) in [6, 6.07) is 4.06. The summed E-state index contributed by atoms with van der Waals surface area (Å²) in [6.07, 6.45) is 8.95. The van der Waals surface area contributed by atoms with E-state index in [9.17, 15) is 0 Å². The molecule has 1 aromatic heterocycles. The van der Waals surface area contributed by atoms with E-state index in [4.69, 9.17) is 0 Å². The summed E-state index contributed by atoms with van der Waals surface area (Å²) in [5.74, 6) is 0. The Labute approximate surface area is 79.4 Å². The first kappa shape index (κ1) is 8.54. The van der Waals surface area contributed by atoms with Crippen LogP contribution in [-0.4, -0.2) is 10.5 Å². The summed E-state index contributed by atoms with van der Waals surface area (Å²) in [5.41, 5.74) is 1.51. The zero-order chi connectivity index (χ0) is 9.15. The zero-order valence-corrected chi connectivity index (χ0v) is 8.09. The van der Waals surface area contributed by atoms with Crippen molar-refractivity contribution in [2.24, 2.45) is 0 Å². The molecule has 2 nitrogen and oxygen atoms in total. The highest BCUT2D eigenvalue weighted by Crippen LogP contribution is 2.32. The second-order valence-corrected chi connectivity index (χ2v) is 4.13. The molecule has 2 heteroatoms. The molecule has 1 saturated carbocycles. The molecule has 0 saturated heterocycles. The lowest BCUT2D eigenvalue weighted by Gasteiger charge is -2.26. The summed E-state index contributed by atoms with van der Waals surface area (Å²) in [5, 5.41) is 3.58. The fourth-order valence-corrected chi connectivity index (χ4v) is 2.06. The van der Waals surface area contributed by atoms with E-state index < -0.39 is 0 Å². The van der Waals surface area contributed by atoms with E-state index in [2.05, 4.69) is 17.2 Å². The minimum Gasteiger partial charge on any atom is -0.380 e. The van der Waals surface area contributed by atoms with Crippen LogP contribution in [0.2, 0.25) is 0 Å². The van der Waals surface area contributed by atoms with Crippen LogP contribution in [0.1, 0.15) is 32.6 Å². The van der Waals surface area contributed by atoms with Crippen molar-refractivity contribution in [3.05, 3.63) is 24.5 Å². The molecule has 1 N–H and O–H groups in total. The maximum atomic E-state index is 4.00. The summed E-state index contributed by atoms with van der Waals surface area (Å²) in [4.78, 5) is 4.00. The Balaban J connectivity index is 2.05. The highest BCUT2D eigenvalue weighted by molar-refractivity contribution is 5.43. The first-order valence-electron chi connectivity index (χ1n) is 4.97. The Morgan fingerprint density at radius 3 is 2.46 bits per heavy atom. The van der Waals surface area contributed by atoms with Crippen LogP contribution in [-0.2, 0) is 0 Å². The van der Waals surface area contributed by atoms with Crippen LogP contribution >= 0.6 is 0 Å². The van der Waals surface area contributed by atoms with Gasteiger partial charge in [0.2, 0.25) is 0 Å². The number of rotatable bonds is 2. The van der Waals surface area contributed by atoms with E-state index in [1.165, 1.54) is 31.4 Å². The molecule has 1 fully saturated rings. The van der Waals surface area contributed by atoms with Crippen LogP contribution in [0.3, 0.4) is 0 Å². The van der Waals surface area contributed by atoms with Gasteiger partial charge in [-0.1, -0.05) is 12.8 Å². The largest absolute Gasteiger partial charge is 0.380 e. The predicted octanol–water partition coefficient (Wildman–Crippen LogP) is 2.83. The van der Waals surface area contributed by atoms with Gasteiger partial charge in [-0.15, -0.1) is 0 Å². The normalized spacial score (nSPS) is 20.1. The van der Waals surface area contributed by atoms with Gasteiger partial charge in [-0.2, -0.15) is 0 Å². The van der Waals surface area contributed by atoms with E-state index in [1.54, 1.807) is 0 Å². The van der Waals surface area contributed by atoms with Crippen molar-refractivity contribution < 1.29 is 0 Å². The number of nitrogens with one attached hydrogen (secondary N) is 1. The first-order chi connectivity index (χ1) is 6.29. The number of anilines is 1. The average Bonchev–Trinajstić information content (AvgIpc) is 2.54. The highest BCUT2D eigenvalue weighted by Gasteiger charge is 2.27. The summed E-state index contributed by atoms with van der Waals surface area (Å²) in [6.45, 7) is 2.31. The smallest absolute Gasteiger partial charge is 0.0375 e. The molecule has 1 aliphatic carbocycles. The molecule has 0 atom stereocenters. The molecule has 0 amide bonds. The summed E-state index contributed by atoms with van der Waals surface area (Å²) < 4.78 is 0. The van der Waals surface area contributed by atoms with Crippen LogP contribution in [0.4, 0.5) is 5.69 Å². The molecule has 1 aromatic rings. The van der Waals surface area contributed by atoms with E-state index in [-0.39, 0.29) is 0 Å². The number of hydrogen-bond acceptors (Lipinski definition) is 2. The minimum atomic E-state index is 0.321. The SMILES string of the molecule is CC1(Nc2ccncc2)CCCC1. The number of aromatic nitrogens is 1. The lowest BCUT2D eigenvalue weighted by Crippen LogP contribution is -2.30. The standard InChI is InChI=1S/C11H16N2/c1-11(6-2-3-7-11)13-10-4-8-12-9-5-10/h4-5,8-9H,2-3,6-7H2,1H3,(H,12,13). The Bertz CT molecular complexity index is 263. The van der Waals surface area contributed by atoms with Crippen LogP contribution in [0, 0.1) is 0 Å². The molecule has 0 spiro atoms. The molecule has 0 aliphatic heterocycles. The molecule has 0 unspecified atom stereocenters. The van der Waals surface area contributed by atoms with E-state index >= 15 is 0 Å². The molecule has 1 heterocycles. The average molecular weight is 176 g/mol. The molecule has 0 aromatic carbocycles. The Morgan fingerprint density at radius 1 is 1.23 bits per heavy atom. The van der Waals surface area contributed by atoms with Gasteiger partial charge in [-0.3, -0.25) is 4.98 Å². The van der Waals surface area contributed by atoms with Gasteiger partial charge in [0.05, 0.1) is 0 Å². The van der Waals surface area contributed by atoms with Gasteiger partial charge in [-0.05, 0) is 31.9 Å². The van der Waals surface area contributed by atoms with Crippen LogP contribution in [0.15, 0.2) is 24.5 Å². The van der Waals surface area contributed by atoms with E-state index in [0.717, 1.165) is 0 Å². The molecular formula is C11H16N2. The van der Waals surface area contributed by atoms with Crippen molar-refractivity contribution in [3.63, 3.8) is 0 Å². The van der Waals surface area contributed by atoms with E-state index in [0.29, 0.717) is 5.54 Å². The number of nitrogens with zero attached hydrogens (tertiary/aromatic N) is 1. The quantitative estimate of drug-likeness (QED) is 0.749. The maximum absolute atomic E-state index is 4.00. The van der Waals surface area contributed by atoms with Gasteiger partial charge in [0, 0.05) is 23.6 Å². The number of hydrogen-bond donors (Lipinski definition) is 1.